The van der Waals surface area contributed by atoms with E-state index in [9.17, 15) is 4.79 Å². The largest absolute Gasteiger partial charge is 0.351 e. The average molecular weight is 254 g/mol. The minimum absolute atomic E-state index is 0.433. The normalized spacial score (nSPS) is 10.2. The zero-order chi connectivity index (χ0) is 13.8. The van der Waals surface area contributed by atoms with Gasteiger partial charge in [-0.05, 0) is 36.6 Å². The van der Waals surface area contributed by atoms with Crippen molar-refractivity contribution in [1.82, 2.24) is 0 Å². The summed E-state index contributed by atoms with van der Waals surface area (Å²) >= 11 is 0. The molecule has 0 spiro atoms. The monoisotopic (exact) mass is 254 g/mol. The summed E-state index contributed by atoms with van der Waals surface area (Å²) < 4.78 is 0. The topological polar surface area (TPSA) is 46.3 Å². The number of urea groups is 1. The molecular formula is C16H18N2O. The molecule has 2 rings (SSSR count). The van der Waals surface area contributed by atoms with Gasteiger partial charge in [-0.25, -0.2) is 4.79 Å². The highest BCUT2D eigenvalue weighted by atomic mass is 16.2. The molecule has 0 heterocycles. The Bertz CT molecular complexity index is 593. The van der Waals surface area contributed by atoms with Crippen LogP contribution in [-0.4, -0.2) is 6.03 Å². The number of aryl methyl sites for hydroxylation is 2. The van der Waals surface area contributed by atoms with Crippen molar-refractivity contribution in [3.63, 3.8) is 0 Å². The fourth-order valence-corrected chi connectivity index (χ4v) is 2.11. The number of benzene rings is 2. The molecule has 0 atom stereocenters. The third-order valence-electron chi connectivity index (χ3n) is 3.26. The maximum absolute atomic E-state index is 11.7. The van der Waals surface area contributed by atoms with Crippen LogP contribution >= 0.6 is 0 Å². The Morgan fingerprint density at radius 3 is 2.16 bits per heavy atom. The Kier molecular flexibility index (Phi) is 3.85. The van der Waals surface area contributed by atoms with E-state index in [0.29, 0.717) is 6.54 Å². The Labute approximate surface area is 113 Å². The van der Waals surface area contributed by atoms with Gasteiger partial charge in [-0.2, -0.15) is 0 Å². The Morgan fingerprint density at radius 1 is 1.00 bits per heavy atom. The minimum Gasteiger partial charge on any atom is -0.351 e. The van der Waals surface area contributed by atoms with Crippen molar-refractivity contribution >= 4 is 11.7 Å². The van der Waals surface area contributed by atoms with Gasteiger partial charge in [0.05, 0.1) is 6.54 Å². The summed E-state index contributed by atoms with van der Waals surface area (Å²) in [5.74, 6) is 0. The molecule has 2 N–H and O–H groups in total. The third kappa shape index (κ3) is 2.94. The molecule has 0 aliphatic carbocycles. The molecule has 0 radical (unpaired) electrons. The van der Waals surface area contributed by atoms with E-state index in [1.807, 2.05) is 62.4 Å². The average Bonchev–Trinajstić information content (AvgIpc) is 2.38. The molecule has 0 aliphatic heterocycles. The zero-order valence-electron chi connectivity index (χ0n) is 11.3. The number of hydrogen-bond donors (Lipinski definition) is 1. The van der Waals surface area contributed by atoms with Crippen molar-refractivity contribution in [3.8, 4) is 0 Å². The lowest BCUT2D eigenvalue weighted by molar-refractivity contribution is 0.253. The standard InChI is InChI=1S/C16H18N2O/c1-12-7-3-5-9-14(12)11-18(16(17)19)15-10-6-4-8-13(15)2/h3-10H,11H2,1-2H3,(H2,17,19). The first kappa shape index (κ1) is 13.1. The van der Waals surface area contributed by atoms with Gasteiger partial charge in [-0.15, -0.1) is 0 Å². The van der Waals surface area contributed by atoms with Crippen LogP contribution in [0.2, 0.25) is 0 Å². The van der Waals surface area contributed by atoms with Crippen LogP contribution in [0.4, 0.5) is 10.5 Å². The molecule has 19 heavy (non-hydrogen) atoms. The number of anilines is 1. The first-order valence-electron chi connectivity index (χ1n) is 6.26. The fraction of sp³-hybridized carbons (Fsp3) is 0.188. The first-order valence-corrected chi connectivity index (χ1v) is 6.26. The molecule has 3 nitrogen and oxygen atoms in total. The van der Waals surface area contributed by atoms with Crippen LogP contribution in [-0.2, 0) is 6.54 Å². The predicted octanol–water partition coefficient (Wildman–Crippen LogP) is 3.39. The summed E-state index contributed by atoms with van der Waals surface area (Å²) in [6, 6.07) is 15.3. The molecule has 2 aromatic carbocycles. The van der Waals surface area contributed by atoms with E-state index in [-0.39, 0.29) is 0 Å². The highest BCUT2D eigenvalue weighted by molar-refractivity contribution is 5.91. The quantitative estimate of drug-likeness (QED) is 0.896. The van der Waals surface area contributed by atoms with Crippen LogP contribution in [0, 0.1) is 13.8 Å². The summed E-state index contributed by atoms with van der Waals surface area (Å²) in [6.07, 6.45) is 0. The van der Waals surface area contributed by atoms with Gasteiger partial charge >= 0.3 is 6.03 Å². The number of carbonyl (C=O) groups excluding carboxylic acids is 1. The van der Waals surface area contributed by atoms with Crippen molar-refractivity contribution in [2.75, 3.05) is 4.90 Å². The number of amides is 2. The maximum atomic E-state index is 11.7. The van der Waals surface area contributed by atoms with Crippen molar-refractivity contribution < 1.29 is 4.79 Å². The van der Waals surface area contributed by atoms with Gasteiger partial charge in [0.1, 0.15) is 0 Å². The number of carbonyl (C=O) groups is 1. The van der Waals surface area contributed by atoms with E-state index < -0.39 is 6.03 Å². The van der Waals surface area contributed by atoms with Crippen molar-refractivity contribution in [1.29, 1.82) is 0 Å². The first-order chi connectivity index (χ1) is 9.09. The summed E-state index contributed by atoms with van der Waals surface area (Å²) in [6.45, 7) is 4.50. The van der Waals surface area contributed by atoms with Crippen LogP contribution in [0.3, 0.4) is 0 Å². The van der Waals surface area contributed by atoms with Crippen molar-refractivity contribution in [2.24, 2.45) is 5.73 Å². The zero-order valence-corrected chi connectivity index (χ0v) is 11.3. The highest BCUT2D eigenvalue weighted by Crippen LogP contribution is 2.22. The molecule has 3 heteroatoms. The Hall–Kier alpha value is -2.29. The molecule has 0 bridgehead atoms. The molecule has 2 amide bonds. The predicted molar refractivity (Wildman–Crippen MR) is 78.1 cm³/mol. The van der Waals surface area contributed by atoms with Crippen LogP contribution in [0.5, 0.6) is 0 Å². The molecule has 0 aromatic heterocycles. The third-order valence-corrected chi connectivity index (χ3v) is 3.26. The molecule has 0 saturated heterocycles. The summed E-state index contributed by atoms with van der Waals surface area (Å²) in [4.78, 5) is 13.3. The Morgan fingerprint density at radius 2 is 1.58 bits per heavy atom. The van der Waals surface area contributed by atoms with E-state index in [1.165, 1.54) is 0 Å². The van der Waals surface area contributed by atoms with E-state index in [0.717, 1.165) is 22.4 Å². The number of nitrogens with zero attached hydrogens (tertiary/aromatic N) is 1. The van der Waals surface area contributed by atoms with E-state index in [1.54, 1.807) is 4.90 Å². The molecule has 0 aliphatic rings. The molecule has 0 saturated carbocycles. The summed E-state index contributed by atoms with van der Waals surface area (Å²) in [5.41, 5.74) is 9.68. The van der Waals surface area contributed by atoms with E-state index in [4.69, 9.17) is 5.73 Å². The van der Waals surface area contributed by atoms with Gasteiger partial charge in [0, 0.05) is 5.69 Å². The van der Waals surface area contributed by atoms with E-state index >= 15 is 0 Å². The van der Waals surface area contributed by atoms with Gasteiger partial charge < -0.3 is 5.73 Å². The van der Waals surface area contributed by atoms with Gasteiger partial charge in [-0.3, -0.25) is 4.90 Å². The van der Waals surface area contributed by atoms with Gasteiger partial charge in [-0.1, -0.05) is 42.5 Å². The lowest BCUT2D eigenvalue weighted by atomic mass is 10.1. The number of hydrogen-bond acceptors (Lipinski definition) is 1. The van der Waals surface area contributed by atoms with Crippen LogP contribution < -0.4 is 10.6 Å². The van der Waals surface area contributed by atoms with Crippen LogP contribution in [0.25, 0.3) is 0 Å². The Balaban J connectivity index is 2.35. The second kappa shape index (κ2) is 5.57. The van der Waals surface area contributed by atoms with Gasteiger partial charge in [0.2, 0.25) is 0 Å². The van der Waals surface area contributed by atoms with E-state index in [2.05, 4.69) is 0 Å². The molecular weight excluding hydrogens is 236 g/mol. The summed E-state index contributed by atoms with van der Waals surface area (Å²) in [5, 5.41) is 0. The molecule has 98 valence electrons. The van der Waals surface area contributed by atoms with Crippen LogP contribution in [0.1, 0.15) is 16.7 Å². The van der Waals surface area contributed by atoms with Crippen molar-refractivity contribution in [2.45, 2.75) is 20.4 Å². The summed E-state index contributed by atoms with van der Waals surface area (Å²) in [7, 11) is 0. The smallest absolute Gasteiger partial charge is 0.319 e. The molecule has 0 unspecified atom stereocenters. The second-order valence-corrected chi connectivity index (χ2v) is 4.64. The lowest BCUT2D eigenvalue weighted by Crippen LogP contribution is -2.35. The maximum Gasteiger partial charge on any atom is 0.319 e. The number of nitrogens with two attached hydrogens (primary N) is 1. The molecule has 0 fully saturated rings. The molecule has 2 aromatic rings. The van der Waals surface area contributed by atoms with Gasteiger partial charge in [0.25, 0.3) is 0 Å². The second-order valence-electron chi connectivity index (χ2n) is 4.64. The lowest BCUT2D eigenvalue weighted by Gasteiger charge is -2.23. The minimum atomic E-state index is -0.433. The SMILES string of the molecule is Cc1ccccc1CN(C(N)=O)c1ccccc1C. The number of para-hydroxylation sites is 1. The van der Waals surface area contributed by atoms with Crippen molar-refractivity contribution in [3.05, 3.63) is 65.2 Å². The number of primary amides is 1. The van der Waals surface area contributed by atoms with Gasteiger partial charge in [0.15, 0.2) is 0 Å². The fourth-order valence-electron chi connectivity index (χ4n) is 2.11. The highest BCUT2D eigenvalue weighted by Gasteiger charge is 2.15. The van der Waals surface area contributed by atoms with Crippen LogP contribution in [0.15, 0.2) is 48.5 Å². The number of rotatable bonds is 3.